The Hall–Kier alpha value is -1.83. The van der Waals surface area contributed by atoms with Crippen LogP contribution in [0.4, 0.5) is 19.0 Å². The molecule has 1 unspecified atom stereocenters. The number of amidine groups is 1. The average molecular weight is 537 g/mol. The number of halogens is 6. The number of nitrogens with zero attached hydrogens (tertiary/aromatic N) is 3. The van der Waals surface area contributed by atoms with Crippen molar-refractivity contribution in [2.75, 3.05) is 17.3 Å². The molecule has 0 aliphatic heterocycles. The van der Waals surface area contributed by atoms with Crippen LogP contribution in [0.3, 0.4) is 0 Å². The number of hydrogen-bond acceptors (Lipinski definition) is 6. The first-order valence-corrected chi connectivity index (χ1v) is 10.7. The molecule has 0 bridgehead atoms. The number of benzene rings is 1. The van der Waals surface area contributed by atoms with Crippen LogP contribution in [0.5, 0.6) is 0 Å². The van der Waals surface area contributed by atoms with Crippen molar-refractivity contribution in [3.8, 4) is 5.69 Å². The number of aromatic nitrogens is 2. The molecule has 1 atom stereocenters. The minimum Gasteiger partial charge on any atom is -0.383 e. The van der Waals surface area contributed by atoms with E-state index in [0.29, 0.717) is 12.1 Å². The number of alkyl halides is 4. The van der Waals surface area contributed by atoms with Gasteiger partial charge in [-0.3, -0.25) is 4.21 Å². The summed E-state index contributed by atoms with van der Waals surface area (Å²) in [6.45, 7) is 0. The predicted molar refractivity (Wildman–Crippen MR) is 106 cm³/mol. The van der Waals surface area contributed by atoms with Crippen LogP contribution in [0.25, 0.3) is 5.69 Å². The maximum Gasteiger partial charge on any atom is 0.416 e. The Morgan fingerprint density at radius 2 is 1.93 bits per heavy atom. The fourth-order valence-corrected chi connectivity index (χ4v) is 3.69. The van der Waals surface area contributed by atoms with Gasteiger partial charge in [0.2, 0.25) is 0 Å². The van der Waals surface area contributed by atoms with Crippen LogP contribution in [0, 0.1) is 0 Å². The number of hydrogen-bond donors (Lipinski definition) is 2. The van der Waals surface area contributed by atoms with Crippen LogP contribution in [0.2, 0.25) is 10.0 Å². The standard InChI is InChI=1S/C14H11BrCl2F3N5O3S/c1-29(27)11-9(12(21)24-28-8(26)4-15)23-25(13(11)22)10-6(16)2-5(3-7(10)17)14(18,19)20/h2-3H,4,22H2,1H3,(H2,21,24). The average Bonchev–Trinajstić information content (AvgIpc) is 2.95. The second-order valence-electron chi connectivity index (χ2n) is 5.29. The summed E-state index contributed by atoms with van der Waals surface area (Å²) in [6.07, 6.45) is -3.42. The highest BCUT2D eigenvalue weighted by Gasteiger charge is 2.33. The van der Waals surface area contributed by atoms with Crippen molar-refractivity contribution in [3.63, 3.8) is 0 Å². The second-order valence-corrected chi connectivity index (χ2v) is 7.98. The van der Waals surface area contributed by atoms with E-state index in [4.69, 9.17) is 34.7 Å². The highest BCUT2D eigenvalue weighted by atomic mass is 79.9. The summed E-state index contributed by atoms with van der Waals surface area (Å²) < 4.78 is 51.8. The van der Waals surface area contributed by atoms with Crippen LogP contribution >= 0.6 is 39.1 Å². The summed E-state index contributed by atoms with van der Waals surface area (Å²) in [6, 6.07) is 1.28. The van der Waals surface area contributed by atoms with Gasteiger partial charge in [-0.15, -0.1) is 0 Å². The van der Waals surface area contributed by atoms with Gasteiger partial charge in [0.25, 0.3) is 0 Å². The molecule has 0 spiro atoms. The Kier molecular flexibility index (Phi) is 7.19. The van der Waals surface area contributed by atoms with Crippen molar-refractivity contribution >= 4 is 67.6 Å². The zero-order valence-corrected chi connectivity index (χ0v) is 18.2. The summed E-state index contributed by atoms with van der Waals surface area (Å²) >= 11 is 14.8. The highest BCUT2D eigenvalue weighted by Crippen LogP contribution is 2.39. The normalized spacial score (nSPS) is 13.4. The quantitative estimate of drug-likeness (QED) is 0.199. The maximum atomic E-state index is 12.9. The van der Waals surface area contributed by atoms with Gasteiger partial charge in [-0.05, 0) is 12.1 Å². The number of carbonyl (C=O) groups is 1. The molecule has 8 nitrogen and oxygen atoms in total. The molecular formula is C14H11BrCl2F3N5O3S. The molecule has 0 aliphatic rings. The molecule has 158 valence electrons. The molecule has 1 aromatic heterocycles. The molecule has 15 heteroatoms. The van der Waals surface area contributed by atoms with Gasteiger partial charge in [0.1, 0.15) is 27.4 Å². The SMILES string of the molecule is CS(=O)c1c(C(N)=NOC(=O)CBr)nn(-c2c(Cl)cc(C(F)(F)F)cc2Cl)c1N. The highest BCUT2D eigenvalue weighted by molar-refractivity contribution is 9.09. The van der Waals surface area contributed by atoms with Gasteiger partial charge in [0.05, 0.1) is 26.4 Å². The molecule has 29 heavy (non-hydrogen) atoms. The van der Waals surface area contributed by atoms with Gasteiger partial charge >= 0.3 is 12.1 Å². The van der Waals surface area contributed by atoms with E-state index in [1.165, 1.54) is 6.26 Å². The van der Waals surface area contributed by atoms with Crippen molar-refractivity contribution in [1.82, 2.24) is 9.78 Å². The van der Waals surface area contributed by atoms with Gasteiger partial charge in [-0.1, -0.05) is 44.3 Å². The fourth-order valence-electron chi connectivity index (χ4n) is 2.14. The van der Waals surface area contributed by atoms with Crippen LogP contribution in [0.1, 0.15) is 11.3 Å². The first-order valence-electron chi connectivity index (χ1n) is 7.26. The summed E-state index contributed by atoms with van der Waals surface area (Å²) in [5.41, 5.74) is 10.2. The topological polar surface area (TPSA) is 126 Å². The maximum absolute atomic E-state index is 12.9. The fraction of sp³-hybridized carbons (Fsp3) is 0.214. The number of oxime groups is 1. The Bertz CT molecular complexity index is 1010. The molecule has 1 heterocycles. The molecule has 2 rings (SSSR count). The third-order valence-electron chi connectivity index (χ3n) is 3.32. The summed E-state index contributed by atoms with van der Waals surface area (Å²) in [4.78, 5) is 15.6. The van der Waals surface area contributed by atoms with Crippen molar-refractivity contribution < 1.29 is 27.0 Å². The summed E-state index contributed by atoms with van der Waals surface area (Å²) in [5.74, 6) is -1.48. The Labute approximate surface area is 182 Å². The molecule has 0 fully saturated rings. The number of nitrogens with two attached hydrogens (primary N) is 2. The molecule has 2 aromatic rings. The molecule has 0 saturated heterocycles. The molecule has 0 amide bonds. The zero-order chi connectivity index (χ0) is 22.1. The van der Waals surface area contributed by atoms with E-state index in [2.05, 4.69) is 31.0 Å². The van der Waals surface area contributed by atoms with Gasteiger partial charge in [0, 0.05) is 6.26 Å². The van der Waals surface area contributed by atoms with E-state index in [1.807, 2.05) is 0 Å². The van der Waals surface area contributed by atoms with E-state index in [9.17, 15) is 22.2 Å². The zero-order valence-electron chi connectivity index (χ0n) is 14.3. The van der Waals surface area contributed by atoms with Crippen molar-refractivity contribution in [3.05, 3.63) is 33.4 Å². The molecule has 0 radical (unpaired) electrons. The van der Waals surface area contributed by atoms with Crippen LogP contribution in [-0.2, 0) is 26.6 Å². The largest absolute Gasteiger partial charge is 0.416 e. The van der Waals surface area contributed by atoms with Gasteiger partial charge < -0.3 is 16.3 Å². The molecule has 0 saturated carbocycles. The van der Waals surface area contributed by atoms with E-state index >= 15 is 0 Å². The van der Waals surface area contributed by atoms with Crippen LogP contribution < -0.4 is 11.5 Å². The number of nitrogen functional groups attached to an aromatic ring is 1. The smallest absolute Gasteiger partial charge is 0.383 e. The lowest BCUT2D eigenvalue weighted by molar-refractivity contribution is -0.140. The Balaban J connectivity index is 2.67. The van der Waals surface area contributed by atoms with Crippen molar-refractivity contribution in [2.45, 2.75) is 11.1 Å². The third kappa shape index (κ3) is 5.02. The third-order valence-corrected chi connectivity index (χ3v) is 5.33. The van der Waals surface area contributed by atoms with Gasteiger partial charge in [-0.2, -0.15) is 18.3 Å². The predicted octanol–water partition coefficient (Wildman–Crippen LogP) is 3.08. The first kappa shape index (κ1) is 23.4. The lowest BCUT2D eigenvalue weighted by Crippen LogP contribution is -2.18. The molecule has 1 aromatic carbocycles. The van der Waals surface area contributed by atoms with E-state index < -0.39 is 44.4 Å². The number of anilines is 1. The van der Waals surface area contributed by atoms with E-state index in [-0.39, 0.29) is 27.4 Å². The summed E-state index contributed by atoms with van der Waals surface area (Å²) in [7, 11) is -1.76. The minimum absolute atomic E-state index is 0.104. The number of rotatable bonds is 5. The Morgan fingerprint density at radius 1 is 1.38 bits per heavy atom. The monoisotopic (exact) mass is 535 g/mol. The molecule has 4 N–H and O–H groups in total. The van der Waals surface area contributed by atoms with E-state index in [1.54, 1.807) is 0 Å². The number of carbonyl (C=O) groups excluding carboxylic acids is 1. The minimum atomic E-state index is -4.68. The second kappa shape index (κ2) is 8.90. The lowest BCUT2D eigenvalue weighted by atomic mass is 10.2. The van der Waals surface area contributed by atoms with Gasteiger partial charge in [-0.25, -0.2) is 9.48 Å². The van der Waals surface area contributed by atoms with E-state index in [0.717, 1.165) is 4.68 Å². The van der Waals surface area contributed by atoms with Crippen molar-refractivity contribution in [1.29, 1.82) is 0 Å². The van der Waals surface area contributed by atoms with Crippen LogP contribution in [0.15, 0.2) is 22.2 Å². The molecule has 0 aliphatic carbocycles. The van der Waals surface area contributed by atoms with Crippen LogP contribution in [-0.4, -0.2) is 37.4 Å². The Morgan fingerprint density at radius 3 is 2.38 bits per heavy atom. The summed E-state index contributed by atoms with van der Waals surface area (Å²) in [5, 5.41) is 6.39. The molecular weight excluding hydrogens is 526 g/mol. The van der Waals surface area contributed by atoms with Gasteiger partial charge in [0.15, 0.2) is 5.84 Å². The lowest BCUT2D eigenvalue weighted by Gasteiger charge is -2.13. The van der Waals surface area contributed by atoms with Crippen molar-refractivity contribution in [2.24, 2.45) is 10.9 Å². The first-order chi connectivity index (χ1) is 13.4.